The first kappa shape index (κ1) is 28.8. The standard InChI is InChI=1S/C30H30F2N4O4S2/c31-24-18-26(32)28-27(19-24)41-30(33-28)36(12-3-11-34-14-16-40-17-15-34)29(37)22-6-8-25(9-7-22)42(38,39)35-13-10-21-4-1-2-5-23(21)20-35/h1-2,4-9,18-19H,3,10-17,20H2. The molecule has 2 aliphatic heterocycles. The van der Waals surface area contributed by atoms with Crippen LogP contribution >= 0.6 is 11.3 Å². The smallest absolute Gasteiger partial charge is 0.260 e. The second-order valence-electron chi connectivity index (χ2n) is 10.4. The van der Waals surface area contributed by atoms with Crippen LogP contribution in [-0.2, 0) is 27.7 Å². The number of thiazole rings is 1. The molecule has 3 heterocycles. The van der Waals surface area contributed by atoms with Crippen LogP contribution in [0.1, 0.15) is 27.9 Å². The summed E-state index contributed by atoms with van der Waals surface area (Å²) in [6.45, 7) is 4.63. The summed E-state index contributed by atoms with van der Waals surface area (Å²) in [6, 6.07) is 15.7. The molecule has 6 rings (SSSR count). The van der Waals surface area contributed by atoms with Crippen molar-refractivity contribution in [3.8, 4) is 0 Å². The van der Waals surface area contributed by atoms with Gasteiger partial charge in [-0.25, -0.2) is 22.2 Å². The molecule has 8 nitrogen and oxygen atoms in total. The second kappa shape index (κ2) is 12.1. The number of ether oxygens (including phenoxy) is 1. The van der Waals surface area contributed by atoms with Crippen LogP contribution in [0.25, 0.3) is 10.2 Å². The van der Waals surface area contributed by atoms with Gasteiger partial charge in [0.15, 0.2) is 10.9 Å². The highest BCUT2D eigenvalue weighted by atomic mass is 32.2. The highest BCUT2D eigenvalue weighted by molar-refractivity contribution is 7.89. The van der Waals surface area contributed by atoms with Crippen LogP contribution in [0.3, 0.4) is 0 Å². The van der Waals surface area contributed by atoms with E-state index in [-0.39, 0.29) is 21.1 Å². The van der Waals surface area contributed by atoms with Crippen molar-refractivity contribution in [3.05, 3.63) is 89.0 Å². The Balaban J connectivity index is 1.23. The molecule has 3 aromatic carbocycles. The average molecular weight is 613 g/mol. The predicted molar refractivity (Wildman–Crippen MR) is 157 cm³/mol. The summed E-state index contributed by atoms with van der Waals surface area (Å²) in [4.78, 5) is 22.0. The molecule has 0 bridgehead atoms. The van der Waals surface area contributed by atoms with Crippen molar-refractivity contribution in [1.29, 1.82) is 0 Å². The van der Waals surface area contributed by atoms with Crippen molar-refractivity contribution >= 4 is 42.6 Å². The summed E-state index contributed by atoms with van der Waals surface area (Å²) in [5.74, 6) is -1.90. The SMILES string of the molecule is O=C(c1ccc(S(=O)(=O)N2CCc3ccccc3C2)cc1)N(CCCN1CCOCC1)c1nc2c(F)cc(F)cc2s1. The van der Waals surface area contributed by atoms with E-state index in [1.165, 1.54) is 39.5 Å². The van der Waals surface area contributed by atoms with E-state index in [0.717, 1.165) is 48.2 Å². The van der Waals surface area contributed by atoms with Gasteiger partial charge in [-0.3, -0.25) is 14.6 Å². The molecule has 0 radical (unpaired) electrons. The first-order valence-corrected chi connectivity index (χ1v) is 16.1. The van der Waals surface area contributed by atoms with Crippen LogP contribution in [0.4, 0.5) is 13.9 Å². The Kier molecular flexibility index (Phi) is 8.33. The molecule has 1 amide bonds. The van der Waals surface area contributed by atoms with Crippen molar-refractivity contribution in [1.82, 2.24) is 14.2 Å². The third-order valence-corrected chi connectivity index (χ3v) is 10.6. The van der Waals surface area contributed by atoms with Crippen molar-refractivity contribution in [2.24, 2.45) is 0 Å². The summed E-state index contributed by atoms with van der Waals surface area (Å²) >= 11 is 1.04. The lowest BCUT2D eigenvalue weighted by atomic mass is 10.0. The zero-order valence-corrected chi connectivity index (χ0v) is 24.5. The fourth-order valence-corrected chi connectivity index (χ4v) is 7.82. The van der Waals surface area contributed by atoms with Crippen molar-refractivity contribution in [2.45, 2.75) is 24.3 Å². The molecule has 2 aliphatic rings. The van der Waals surface area contributed by atoms with E-state index in [4.69, 9.17) is 4.74 Å². The van der Waals surface area contributed by atoms with E-state index in [9.17, 15) is 22.0 Å². The van der Waals surface area contributed by atoms with Crippen LogP contribution in [0.15, 0.2) is 65.6 Å². The number of hydrogen-bond donors (Lipinski definition) is 0. The number of halogens is 2. The van der Waals surface area contributed by atoms with Crippen molar-refractivity contribution in [2.75, 3.05) is 50.8 Å². The van der Waals surface area contributed by atoms with E-state index in [0.29, 0.717) is 50.4 Å². The van der Waals surface area contributed by atoms with Gasteiger partial charge in [-0.05, 0) is 54.3 Å². The molecule has 0 spiro atoms. The van der Waals surface area contributed by atoms with Gasteiger partial charge in [-0.1, -0.05) is 35.6 Å². The van der Waals surface area contributed by atoms with Gasteiger partial charge in [0.25, 0.3) is 5.91 Å². The number of amides is 1. The minimum Gasteiger partial charge on any atom is -0.379 e. The number of sulfonamides is 1. The Morgan fingerprint density at radius 3 is 2.50 bits per heavy atom. The van der Waals surface area contributed by atoms with Gasteiger partial charge in [0.1, 0.15) is 11.3 Å². The third-order valence-electron chi connectivity index (χ3n) is 7.67. The molecule has 0 unspecified atom stereocenters. The molecule has 1 saturated heterocycles. The number of aromatic nitrogens is 1. The van der Waals surface area contributed by atoms with Crippen molar-refractivity contribution in [3.63, 3.8) is 0 Å². The number of nitrogens with zero attached hydrogens (tertiary/aromatic N) is 4. The van der Waals surface area contributed by atoms with E-state index in [1.807, 2.05) is 24.3 Å². The molecule has 220 valence electrons. The number of carbonyl (C=O) groups is 1. The van der Waals surface area contributed by atoms with Gasteiger partial charge >= 0.3 is 0 Å². The van der Waals surface area contributed by atoms with Crippen LogP contribution in [0.2, 0.25) is 0 Å². The highest BCUT2D eigenvalue weighted by Gasteiger charge is 2.29. The van der Waals surface area contributed by atoms with Crippen molar-refractivity contribution < 1.29 is 26.7 Å². The molecular weight excluding hydrogens is 582 g/mol. The summed E-state index contributed by atoms with van der Waals surface area (Å²) < 4.78 is 62.3. The molecule has 12 heteroatoms. The molecular formula is C30H30F2N4O4S2. The Bertz CT molecular complexity index is 1710. The molecule has 0 aliphatic carbocycles. The molecule has 1 aromatic heterocycles. The topological polar surface area (TPSA) is 83.1 Å². The molecule has 0 atom stereocenters. The molecule has 0 N–H and O–H groups in total. The number of anilines is 1. The minimum atomic E-state index is -3.77. The largest absolute Gasteiger partial charge is 0.379 e. The number of carbonyl (C=O) groups excluding carboxylic acids is 1. The first-order chi connectivity index (χ1) is 20.3. The van der Waals surface area contributed by atoms with Crippen LogP contribution in [0.5, 0.6) is 0 Å². The quantitative estimate of drug-likeness (QED) is 0.287. The Hall–Kier alpha value is -3.29. The van der Waals surface area contributed by atoms with Crippen LogP contribution < -0.4 is 4.90 Å². The van der Waals surface area contributed by atoms with E-state index < -0.39 is 27.6 Å². The zero-order valence-electron chi connectivity index (χ0n) is 22.8. The van der Waals surface area contributed by atoms with Gasteiger partial charge in [0.2, 0.25) is 10.0 Å². The monoisotopic (exact) mass is 612 g/mol. The highest BCUT2D eigenvalue weighted by Crippen LogP contribution is 2.32. The molecule has 0 saturated carbocycles. The fourth-order valence-electron chi connectivity index (χ4n) is 5.37. The molecule has 1 fully saturated rings. The van der Waals surface area contributed by atoms with Gasteiger partial charge < -0.3 is 4.74 Å². The average Bonchev–Trinajstić information content (AvgIpc) is 3.43. The summed E-state index contributed by atoms with van der Waals surface area (Å²) in [5, 5.41) is 0.255. The Labute approximate surface area is 247 Å². The van der Waals surface area contributed by atoms with E-state index in [1.54, 1.807) is 0 Å². The van der Waals surface area contributed by atoms with E-state index in [2.05, 4.69) is 9.88 Å². The predicted octanol–water partition coefficient (Wildman–Crippen LogP) is 4.69. The zero-order chi connectivity index (χ0) is 29.3. The number of rotatable bonds is 8. The number of benzene rings is 3. The lowest BCUT2D eigenvalue weighted by Crippen LogP contribution is -2.39. The van der Waals surface area contributed by atoms with Gasteiger partial charge in [-0.15, -0.1) is 0 Å². The van der Waals surface area contributed by atoms with Gasteiger partial charge in [-0.2, -0.15) is 4.31 Å². The van der Waals surface area contributed by atoms with Crippen LogP contribution in [-0.4, -0.2) is 74.5 Å². The minimum absolute atomic E-state index is 0.00641. The Morgan fingerprint density at radius 2 is 1.74 bits per heavy atom. The lowest BCUT2D eigenvalue weighted by molar-refractivity contribution is 0.0376. The fraction of sp³-hybridized carbons (Fsp3) is 0.333. The second-order valence-corrected chi connectivity index (χ2v) is 13.3. The Morgan fingerprint density at radius 1 is 1.00 bits per heavy atom. The van der Waals surface area contributed by atoms with Crippen LogP contribution in [0, 0.1) is 11.6 Å². The third kappa shape index (κ3) is 5.95. The maximum atomic E-state index is 14.5. The lowest BCUT2D eigenvalue weighted by Gasteiger charge is -2.28. The summed E-state index contributed by atoms with van der Waals surface area (Å²) in [5.41, 5.74) is 2.41. The first-order valence-electron chi connectivity index (χ1n) is 13.8. The van der Waals surface area contributed by atoms with Gasteiger partial charge in [0, 0.05) is 50.9 Å². The maximum Gasteiger partial charge on any atom is 0.260 e. The van der Waals surface area contributed by atoms with Gasteiger partial charge in [0.05, 0.1) is 22.8 Å². The summed E-state index contributed by atoms with van der Waals surface area (Å²) in [7, 11) is -3.77. The molecule has 42 heavy (non-hydrogen) atoms. The number of hydrogen-bond acceptors (Lipinski definition) is 7. The number of morpholine rings is 1. The number of fused-ring (bicyclic) bond motifs is 2. The normalized spacial score (nSPS) is 16.4. The summed E-state index contributed by atoms with van der Waals surface area (Å²) in [6.07, 6.45) is 1.26. The van der Waals surface area contributed by atoms with E-state index >= 15 is 0 Å². The molecule has 4 aromatic rings. The maximum absolute atomic E-state index is 14.5.